The number of Topliss-reactive ketones (excluding diaryl/α,β-unsaturated/α-hetero) is 1. The van der Waals surface area contributed by atoms with Gasteiger partial charge in [0.2, 0.25) is 0 Å². The molecule has 0 N–H and O–H groups in total. The van der Waals surface area contributed by atoms with Crippen molar-refractivity contribution < 1.29 is 4.79 Å². The van der Waals surface area contributed by atoms with E-state index in [2.05, 4.69) is 37.9 Å². The van der Waals surface area contributed by atoms with E-state index < -0.39 is 0 Å². The lowest BCUT2D eigenvalue weighted by molar-refractivity contribution is -0.127. The molecule has 0 aliphatic heterocycles. The molecule has 30 heavy (non-hydrogen) atoms. The number of carbonyl (C=O) groups is 1. The zero-order valence-electron chi connectivity index (χ0n) is 18.9. The van der Waals surface area contributed by atoms with Gasteiger partial charge < -0.3 is 0 Å². The standard InChI is InChI=1S/C27H36N2O/c1-5-19-15-28-29(16-19)17-25(30)24-9-8-22-21-7-6-20-14-18(2)10-12-26(20,3)23(21)11-13-27(22,24)4/h1,11,15-16,18,20-22,24H,6-10,12-14,17H2,2-4H3. The van der Waals surface area contributed by atoms with Crippen molar-refractivity contribution in [2.45, 2.75) is 78.7 Å². The first-order valence-electron chi connectivity index (χ1n) is 12.1. The maximum absolute atomic E-state index is 13.3. The zero-order chi connectivity index (χ0) is 21.1. The second-order valence-electron chi connectivity index (χ2n) is 11.3. The number of rotatable bonds is 3. The molecule has 1 aromatic rings. The lowest BCUT2D eigenvalue weighted by atomic mass is 9.48. The molecule has 1 heterocycles. The number of terminal acetylenes is 1. The van der Waals surface area contributed by atoms with Gasteiger partial charge in [0.1, 0.15) is 0 Å². The fourth-order valence-electron chi connectivity index (χ4n) is 8.06. The molecule has 0 bridgehead atoms. The summed E-state index contributed by atoms with van der Waals surface area (Å²) in [5.41, 5.74) is 3.06. The van der Waals surface area contributed by atoms with Gasteiger partial charge in [-0.1, -0.05) is 38.3 Å². The third-order valence-electron chi connectivity index (χ3n) is 9.79. The van der Waals surface area contributed by atoms with E-state index in [-0.39, 0.29) is 11.3 Å². The molecule has 0 spiro atoms. The molecule has 0 saturated heterocycles. The SMILES string of the molecule is C#Cc1cnn(CC(=O)C2CCC3C4CCC5CC(C)CCC5(C)C4=CCC23C)c1. The summed E-state index contributed by atoms with van der Waals surface area (Å²) >= 11 is 0. The predicted molar refractivity (Wildman–Crippen MR) is 120 cm³/mol. The van der Waals surface area contributed by atoms with E-state index in [1.807, 2.05) is 6.20 Å². The highest BCUT2D eigenvalue weighted by Gasteiger charge is 2.58. The summed E-state index contributed by atoms with van der Waals surface area (Å²) in [7, 11) is 0. The van der Waals surface area contributed by atoms with E-state index in [0.717, 1.165) is 30.2 Å². The summed E-state index contributed by atoms with van der Waals surface area (Å²) in [6, 6.07) is 0. The lowest BCUT2D eigenvalue weighted by Crippen LogP contribution is -2.48. The maximum Gasteiger partial charge on any atom is 0.157 e. The molecule has 5 rings (SSSR count). The summed E-state index contributed by atoms with van der Waals surface area (Å²) < 4.78 is 1.73. The zero-order valence-corrected chi connectivity index (χ0v) is 18.9. The van der Waals surface area contributed by atoms with Crippen LogP contribution in [0.25, 0.3) is 0 Å². The van der Waals surface area contributed by atoms with Crippen molar-refractivity contribution in [3.8, 4) is 12.3 Å². The van der Waals surface area contributed by atoms with Crippen LogP contribution in [0.4, 0.5) is 0 Å². The monoisotopic (exact) mass is 404 g/mol. The Balaban J connectivity index is 1.38. The van der Waals surface area contributed by atoms with Crippen LogP contribution in [0, 0.1) is 52.8 Å². The Labute approximate surface area is 181 Å². The third kappa shape index (κ3) is 2.94. The van der Waals surface area contributed by atoms with Crippen LogP contribution < -0.4 is 0 Å². The van der Waals surface area contributed by atoms with E-state index >= 15 is 0 Å². The average Bonchev–Trinajstić information content (AvgIpc) is 3.32. The maximum atomic E-state index is 13.3. The van der Waals surface area contributed by atoms with Crippen LogP contribution in [0.3, 0.4) is 0 Å². The van der Waals surface area contributed by atoms with Gasteiger partial charge in [-0.05, 0) is 85.9 Å². The summed E-state index contributed by atoms with van der Waals surface area (Å²) in [6.45, 7) is 7.78. The fourth-order valence-corrected chi connectivity index (χ4v) is 8.06. The topological polar surface area (TPSA) is 34.9 Å². The van der Waals surface area contributed by atoms with E-state index in [1.165, 1.54) is 38.5 Å². The number of hydrogen-bond donors (Lipinski definition) is 0. The molecule has 3 saturated carbocycles. The first-order chi connectivity index (χ1) is 14.3. The van der Waals surface area contributed by atoms with E-state index in [9.17, 15) is 4.79 Å². The molecule has 1 aromatic heterocycles. The number of aromatic nitrogens is 2. The smallest absolute Gasteiger partial charge is 0.157 e. The van der Waals surface area contributed by atoms with Gasteiger partial charge >= 0.3 is 0 Å². The molecule has 3 heteroatoms. The molecule has 0 aromatic carbocycles. The summed E-state index contributed by atoms with van der Waals surface area (Å²) in [5.74, 6) is 6.22. The summed E-state index contributed by atoms with van der Waals surface area (Å²) in [6.07, 6.45) is 21.8. The molecular weight excluding hydrogens is 368 g/mol. The van der Waals surface area contributed by atoms with Crippen molar-refractivity contribution >= 4 is 5.78 Å². The van der Waals surface area contributed by atoms with Crippen LogP contribution in [0.5, 0.6) is 0 Å². The number of hydrogen-bond acceptors (Lipinski definition) is 2. The van der Waals surface area contributed by atoms with Gasteiger partial charge in [-0.2, -0.15) is 5.10 Å². The van der Waals surface area contributed by atoms with E-state index in [4.69, 9.17) is 6.42 Å². The van der Waals surface area contributed by atoms with Crippen LogP contribution >= 0.6 is 0 Å². The molecule has 0 amide bonds. The van der Waals surface area contributed by atoms with E-state index in [1.54, 1.807) is 16.5 Å². The van der Waals surface area contributed by atoms with Crippen molar-refractivity contribution in [1.82, 2.24) is 9.78 Å². The first-order valence-corrected chi connectivity index (χ1v) is 12.1. The van der Waals surface area contributed by atoms with E-state index in [0.29, 0.717) is 29.6 Å². The van der Waals surface area contributed by atoms with Crippen molar-refractivity contribution in [2.75, 3.05) is 0 Å². The minimum absolute atomic E-state index is 0.110. The van der Waals surface area contributed by atoms with Gasteiger partial charge in [-0.3, -0.25) is 9.48 Å². The Morgan fingerprint density at radius 3 is 2.87 bits per heavy atom. The molecule has 3 fully saturated rings. The van der Waals surface area contributed by atoms with Crippen molar-refractivity contribution in [3.05, 3.63) is 29.6 Å². The molecule has 7 unspecified atom stereocenters. The highest BCUT2D eigenvalue weighted by atomic mass is 16.1. The summed E-state index contributed by atoms with van der Waals surface area (Å²) in [5, 5.41) is 4.29. The first kappa shape index (κ1) is 20.1. The van der Waals surface area contributed by atoms with Crippen LogP contribution in [-0.4, -0.2) is 15.6 Å². The highest BCUT2D eigenvalue weighted by Crippen LogP contribution is 2.65. The van der Waals surface area contributed by atoms with Crippen LogP contribution in [0.2, 0.25) is 0 Å². The van der Waals surface area contributed by atoms with Gasteiger partial charge in [-0.15, -0.1) is 6.42 Å². The fraction of sp³-hybridized carbons (Fsp3) is 0.704. The van der Waals surface area contributed by atoms with Crippen molar-refractivity contribution in [1.29, 1.82) is 0 Å². The molecular formula is C27H36N2O. The lowest BCUT2D eigenvalue weighted by Gasteiger charge is -2.57. The Bertz CT molecular complexity index is 920. The van der Waals surface area contributed by atoms with Gasteiger partial charge in [0.05, 0.1) is 18.3 Å². The minimum Gasteiger partial charge on any atom is -0.297 e. The Kier molecular flexibility index (Phi) is 4.77. The number of allylic oxidation sites excluding steroid dienone is 2. The predicted octanol–water partition coefficient (Wildman–Crippen LogP) is 5.65. The average molecular weight is 405 g/mol. The summed E-state index contributed by atoms with van der Waals surface area (Å²) in [4.78, 5) is 13.3. The molecule has 3 nitrogen and oxygen atoms in total. The van der Waals surface area contributed by atoms with Crippen LogP contribution in [-0.2, 0) is 11.3 Å². The Morgan fingerprint density at radius 2 is 2.10 bits per heavy atom. The molecule has 4 aliphatic rings. The van der Waals surface area contributed by atoms with Crippen molar-refractivity contribution in [2.24, 2.45) is 40.4 Å². The molecule has 7 atom stereocenters. The van der Waals surface area contributed by atoms with Gasteiger partial charge in [-0.25, -0.2) is 0 Å². The number of ketones is 1. The van der Waals surface area contributed by atoms with Gasteiger partial charge in [0.25, 0.3) is 0 Å². The minimum atomic E-state index is 0.110. The Morgan fingerprint density at radius 1 is 1.27 bits per heavy atom. The van der Waals surface area contributed by atoms with Gasteiger partial charge in [0, 0.05) is 12.1 Å². The molecule has 0 radical (unpaired) electrons. The van der Waals surface area contributed by atoms with Crippen molar-refractivity contribution in [3.63, 3.8) is 0 Å². The number of fused-ring (bicyclic) bond motifs is 5. The quantitative estimate of drug-likeness (QED) is 0.482. The number of carbonyl (C=O) groups excluding carboxylic acids is 1. The van der Waals surface area contributed by atoms with Crippen LogP contribution in [0.15, 0.2) is 24.0 Å². The Hall–Kier alpha value is -1.82. The second kappa shape index (κ2) is 7.11. The second-order valence-corrected chi connectivity index (χ2v) is 11.3. The number of nitrogens with zero attached hydrogens (tertiary/aromatic N) is 2. The van der Waals surface area contributed by atoms with Crippen LogP contribution in [0.1, 0.15) is 77.7 Å². The highest BCUT2D eigenvalue weighted by molar-refractivity contribution is 5.82. The normalized spacial score (nSPS) is 42.5. The molecule has 160 valence electrons. The van der Waals surface area contributed by atoms with Gasteiger partial charge in [0.15, 0.2) is 5.78 Å². The molecule has 4 aliphatic carbocycles. The largest absolute Gasteiger partial charge is 0.297 e. The third-order valence-corrected chi connectivity index (χ3v) is 9.79.